The van der Waals surface area contributed by atoms with Crippen molar-refractivity contribution >= 4 is 27.3 Å². The number of nitrogens with zero attached hydrogens (tertiary/aromatic N) is 1. The molecule has 2 aromatic rings. The van der Waals surface area contributed by atoms with Gasteiger partial charge in [-0.2, -0.15) is 0 Å². The molecule has 0 spiro atoms. The van der Waals surface area contributed by atoms with E-state index in [0.717, 1.165) is 5.75 Å². The first-order chi connectivity index (χ1) is 13.0. The van der Waals surface area contributed by atoms with Crippen molar-refractivity contribution in [2.45, 2.75) is 18.1 Å². The molecule has 0 aliphatic heterocycles. The van der Waals surface area contributed by atoms with E-state index < -0.39 is 10.0 Å². The molecule has 7 nitrogen and oxygen atoms in total. The lowest BCUT2D eigenvalue weighted by atomic mass is 10.2. The first kappa shape index (κ1) is 21.2. The van der Waals surface area contributed by atoms with Gasteiger partial charge in [-0.05, 0) is 37.4 Å². The average molecular weight is 411 g/mol. The van der Waals surface area contributed by atoms with Crippen LogP contribution in [-0.4, -0.2) is 47.2 Å². The Morgan fingerprint density at radius 3 is 2.59 bits per heavy atom. The molecule has 148 valence electrons. The lowest BCUT2D eigenvalue weighted by molar-refractivity contribution is 0.322. The normalized spacial score (nSPS) is 12.0. The van der Waals surface area contributed by atoms with Gasteiger partial charge in [0.25, 0.3) is 0 Å². The summed E-state index contributed by atoms with van der Waals surface area (Å²) in [5, 5.41) is 8.02. The number of benzene rings is 1. The summed E-state index contributed by atoms with van der Waals surface area (Å²) in [6.45, 7) is 6.37. The van der Waals surface area contributed by atoms with Crippen molar-refractivity contribution in [1.82, 2.24) is 15.4 Å². The molecule has 0 amide bonds. The van der Waals surface area contributed by atoms with Crippen molar-refractivity contribution in [3.8, 4) is 5.75 Å². The van der Waals surface area contributed by atoms with Gasteiger partial charge in [-0.3, -0.25) is 4.99 Å². The second-order valence-electron chi connectivity index (χ2n) is 5.68. The largest absolute Gasteiger partial charge is 0.492 e. The van der Waals surface area contributed by atoms with Gasteiger partial charge in [0.2, 0.25) is 10.0 Å². The molecule has 2 rings (SSSR count). The average Bonchev–Trinajstić information content (AvgIpc) is 3.19. The van der Waals surface area contributed by atoms with Crippen molar-refractivity contribution < 1.29 is 13.2 Å². The standard InChI is InChI=1S/C18H26N4O3S2/c1-3-19-18(21-12-13-25-16-8-6-15(2)7-9-16)20-10-11-22-27(23,24)17-5-4-14-26-17/h4-9,14,22H,3,10-13H2,1-2H3,(H2,19,20,21). The first-order valence-corrected chi connectivity index (χ1v) is 11.1. The molecular weight excluding hydrogens is 384 g/mol. The minimum Gasteiger partial charge on any atom is -0.492 e. The molecule has 1 aromatic heterocycles. The molecule has 0 unspecified atom stereocenters. The predicted molar refractivity (Wildman–Crippen MR) is 110 cm³/mol. The number of guanidine groups is 1. The van der Waals surface area contributed by atoms with Crippen molar-refractivity contribution in [3.05, 3.63) is 47.3 Å². The highest BCUT2D eigenvalue weighted by molar-refractivity contribution is 7.91. The Morgan fingerprint density at radius 2 is 1.93 bits per heavy atom. The zero-order valence-corrected chi connectivity index (χ0v) is 17.2. The van der Waals surface area contributed by atoms with Gasteiger partial charge in [-0.1, -0.05) is 23.8 Å². The van der Waals surface area contributed by atoms with Crippen LogP contribution < -0.4 is 20.1 Å². The van der Waals surface area contributed by atoms with Gasteiger partial charge in [-0.15, -0.1) is 11.3 Å². The van der Waals surface area contributed by atoms with E-state index in [2.05, 4.69) is 20.3 Å². The molecule has 1 heterocycles. The van der Waals surface area contributed by atoms with Gasteiger partial charge in [0.1, 0.15) is 16.6 Å². The second kappa shape index (κ2) is 10.9. The van der Waals surface area contributed by atoms with Gasteiger partial charge in [-0.25, -0.2) is 13.1 Å². The minimum atomic E-state index is -3.44. The molecule has 0 atom stereocenters. The van der Waals surface area contributed by atoms with E-state index in [-0.39, 0.29) is 6.54 Å². The van der Waals surface area contributed by atoms with Crippen LogP contribution in [0, 0.1) is 6.92 Å². The summed E-state index contributed by atoms with van der Waals surface area (Å²) in [4.78, 5) is 4.37. The zero-order chi connectivity index (χ0) is 19.5. The van der Waals surface area contributed by atoms with Crippen LogP contribution in [0.4, 0.5) is 0 Å². The fourth-order valence-electron chi connectivity index (χ4n) is 2.15. The maximum absolute atomic E-state index is 12.0. The zero-order valence-electron chi connectivity index (χ0n) is 15.6. The SMILES string of the molecule is CCNC(=NCCNS(=O)(=O)c1cccs1)NCCOc1ccc(C)cc1. The van der Waals surface area contributed by atoms with Crippen LogP contribution in [0.15, 0.2) is 51.0 Å². The number of nitrogens with one attached hydrogen (secondary N) is 3. The third kappa shape index (κ3) is 7.58. The Bertz CT molecular complexity index is 804. The van der Waals surface area contributed by atoms with Crippen LogP contribution in [0.2, 0.25) is 0 Å². The third-order valence-corrected chi connectivity index (χ3v) is 6.32. The lowest BCUT2D eigenvalue weighted by Crippen LogP contribution is -2.40. The summed E-state index contributed by atoms with van der Waals surface area (Å²) < 4.78 is 32.6. The minimum absolute atomic E-state index is 0.233. The van der Waals surface area contributed by atoms with E-state index >= 15 is 0 Å². The van der Waals surface area contributed by atoms with Gasteiger partial charge in [0.05, 0.1) is 13.1 Å². The Morgan fingerprint density at radius 1 is 1.15 bits per heavy atom. The van der Waals surface area contributed by atoms with Crippen molar-refractivity contribution in [2.75, 3.05) is 32.8 Å². The molecule has 27 heavy (non-hydrogen) atoms. The van der Waals surface area contributed by atoms with E-state index in [1.54, 1.807) is 17.5 Å². The topological polar surface area (TPSA) is 91.8 Å². The summed E-state index contributed by atoms with van der Waals surface area (Å²) in [6.07, 6.45) is 0. The molecular formula is C18H26N4O3S2. The fourth-order valence-corrected chi connectivity index (χ4v) is 4.21. The summed E-state index contributed by atoms with van der Waals surface area (Å²) in [5.41, 5.74) is 1.19. The summed E-state index contributed by atoms with van der Waals surface area (Å²) in [5.74, 6) is 1.45. The van der Waals surface area contributed by atoms with Gasteiger partial charge >= 0.3 is 0 Å². The van der Waals surface area contributed by atoms with E-state index in [1.165, 1.54) is 16.9 Å². The highest BCUT2D eigenvalue weighted by Crippen LogP contribution is 2.14. The van der Waals surface area contributed by atoms with Crippen LogP contribution >= 0.6 is 11.3 Å². The summed E-state index contributed by atoms with van der Waals surface area (Å²) in [7, 11) is -3.44. The molecule has 3 N–H and O–H groups in total. The molecule has 9 heteroatoms. The molecule has 0 saturated carbocycles. The molecule has 0 fully saturated rings. The molecule has 0 aliphatic rings. The molecule has 1 aromatic carbocycles. The maximum Gasteiger partial charge on any atom is 0.250 e. The summed E-state index contributed by atoms with van der Waals surface area (Å²) >= 11 is 1.19. The van der Waals surface area contributed by atoms with Crippen LogP contribution in [0.1, 0.15) is 12.5 Å². The number of aryl methyl sites for hydroxylation is 1. The Balaban J connectivity index is 1.72. The third-order valence-electron chi connectivity index (χ3n) is 3.46. The number of sulfonamides is 1. The first-order valence-electron chi connectivity index (χ1n) is 8.76. The van der Waals surface area contributed by atoms with E-state index in [1.807, 2.05) is 38.1 Å². The Kier molecular flexibility index (Phi) is 8.56. The molecule has 0 radical (unpaired) electrons. The molecule has 0 aliphatic carbocycles. The van der Waals surface area contributed by atoms with Gasteiger partial charge in [0.15, 0.2) is 5.96 Å². The monoisotopic (exact) mass is 410 g/mol. The highest BCUT2D eigenvalue weighted by Gasteiger charge is 2.13. The maximum atomic E-state index is 12.0. The van der Waals surface area contributed by atoms with Crippen LogP contribution in [0.5, 0.6) is 5.75 Å². The van der Waals surface area contributed by atoms with Crippen LogP contribution in [0.3, 0.4) is 0 Å². The van der Waals surface area contributed by atoms with Gasteiger partial charge in [0, 0.05) is 13.1 Å². The number of hydrogen-bond acceptors (Lipinski definition) is 5. The molecule has 0 bridgehead atoms. The lowest BCUT2D eigenvalue weighted by Gasteiger charge is -2.12. The van der Waals surface area contributed by atoms with E-state index in [0.29, 0.717) is 36.4 Å². The van der Waals surface area contributed by atoms with E-state index in [9.17, 15) is 8.42 Å². The van der Waals surface area contributed by atoms with E-state index in [4.69, 9.17) is 4.74 Å². The number of thiophene rings is 1. The Labute approximate surface area is 164 Å². The van der Waals surface area contributed by atoms with Crippen molar-refractivity contribution in [3.63, 3.8) is 0 Å². The summed E-state index contributed by atoms with van der Waals surface area (Å²) in [6, 6.07) is 11.2. The number of rotatable bonds is 10. The number of hydrogen-bond donors (Lipinski definition) is 3. The smallest absolute Gasteiger partial charge is 0.250 e. The quantitative estimate of drug-likeness (QED) is 0.316. The van der Waals surface area contributed by atoms with Gasteiger partial charge < -0.3 is 15.4 Å². The fraction of sp³-hybridized carbons (Fsp3) is 0.389. The van der Waals surface area contributed by atoms with Crippen LogP contribution in [0.25, 0.3) is 0 Å². The van der Waals surface area contributed by atoms with Crippen molar-refractivity contribution in [2.24, 2.45) is 4.99 Å². The van der Waals surface area contributed by atoms with Crippen LogP contribution in [-0.2, 0) is 10.0 Å². The molecule has 0 saturated heterocycles. The number of aliphatic imine (C=N–C) groups is 1. The highest BCUT2D eigenvalue weighted by atomic mass is 32.2. The number of ether oxygens (including phenoxy) is 1. The Hall–Kier alpha value is -2.10. The predicted octanol–water partition coefficient (Wildman–Crippen LogP) is 1.97. The second-order valence-corrected chi connectivity index (χ2v) is 8.62. The van der Waals surface area contributed by atoms with Crippen molar-refractivity contribution in [1.29, 1.82) is 0 Å².